The Morgan fingerprint density at radius 1 is 1.27 bits per heavy atom. The first-order chi connectivity index (χ1) is 14.3. The molecular weight excluding hydrogens is 403 g/mol. The van der Waals surface area contributed by atoms with Crippen molar-refractivity contribution < 1.29 is 27.4 Å². The Kier molecular flexibility index (Phi) is 6.30. The topological polar surface area (TPSA) is 88.6 Å². The van der Waals surface area contributed by atoms with Crippen molar-refractivity contribution in [2.24, 2.45) is 0 Å². The third-order valence-corrected chi connectivity index (χ3v) is 4.72. The van der Waals surface area contributed by atoms with Gasteiger partial charge in [-0.3, -0.25) is 4.79 Å². The lowest BCUT2D eigenvalue weighted by atomic mass is 10.0. The quantitative estimate of drug-likeness (QED) is 0.761. The number of carbonyl (C=O) groups is 1. The molecule has 8 nitrogen and oxygen atoms in total. The highest BCUT2D eigenvalue weighted by Gasteiger charge is 2.35. The molecule has 11 heteroatoms. The van der Waals surface area contributed by atoms with Crippen LogP contribution in [0.15, 0.2) is 18.3 Å². The van der Waals surface area contributed by atoms with E-state index in [0.717, 1.165) is 0 Å². The lowest BCUT2D eigenvalue weighted by Crippen LogP contribution is -2.41. The summed E-state index contributed by atoms with van der Waals surface area (Å²) >= 11 is 0. The summed E-state index contributed by atoms with van der Waals surface area (Å²) in [6, 6.07) is 3.25. The number of anilines is 3. The van der Waals surface area contributed by atoms with Crippen LogP contribution in [0.4, 0.5) is 30.6 Å². The summed E-state index contributed by atoms with van der Waals surface area (Å²) in [5, 5.41) is 5.29. The van der Waals surface area contributed by atoms with Gasteiger partial charge in [0, 0.05) is 37.5 Å². The van der Waals surface area contributed by atoms with Crippen molar-refractivity contribution in [1.82, 2.24) is 14.9 Å². The van der Waals surface area contributed by atoms with Crippen LogP contribution in [0.5, 0.6) is 5.75 Å². The molecule has 1 aromatic carbocycles. The van der Waals surface area contributed by atoms with Crippen molar-refractivity contribution >= 4 is 23.4 Å². The second-order valence-electron chi connectivity index (χ2n) is 6.55. The maximum absolute atomic E-state index is 13.0. The number of nitrogens with one attached hydrogen (secondary N) is 2. The lowest BCUT2D eigenvalue weighted by Gasteiger charge is -2.28. The van der Waals surface area contributed by atoms with Gasteiger partial charge in [0.2, 0.25) is 5.95 Å². The van der Waals surface area contributed by atoms with Crippen LogP contribution in [-0.2, 0) is 10.9 Å². The van der Waals surface area contributed by atoms with E-state index in [1.54, 1.807) is 24.0 Å². The van der Waals surface area contributed by atoms with Crippen molar-refractivity contribution in [3.8, 4) is 5.75 Å². The molecule has 1 amide bonds. The number of aromatic nitrogens is 2. The Morgan fingerprint density at radius 3 is 2.57 bits per heavy atom. The fourth-order valence-electron chi connectivity index (χ4n) is 3.18. The first-order valence-corrected chi connectivity index (χ1v) is 9.20. The molecule has 30 heavy (non-hydrogen) atoms. The zero-order valence-corrected chi connectivity index (χ0v) is 16.8. The second kappa shape index (κ2) is 8.74. The number of methoxy groups -OCH3 is 1. The molecule has 0 spiro atoms. The number of alkyl halides is 3. The molecule has 0 atom stereocenters. The number of benzene rings is 1. The van der Waals surface area contributed by atoms with Gasteiger partial charge in [-0.25, -0.2) is 4.98 Å². The molecule has 1 aliphatic heterocycles. The van der Waals surface area contributed by atoms with E-state index in [-0.39, 0.29) is 17.7 Å². The third kappa shape index (κ3) is 4.40. The second-order valence-corrected chi connectivity index (χ2v) is 6.55. The molecule has 3 rings (SSSR count). The third-order valence-electron chi connectivity index (χ3n) is 4.72. The monoisotopic (exact) mass is 425 g/mol. The fraction of sp³-hybridized carbons (Fsp3) is 0.421. The Hall–Kier alpha value is -3.08. The molecule has 0 radical (unpaired) electrons. The number of hydrogen-bond acceptors (Lipinski definition) is 7. The number of amides is 1. The molecule has 1 aliphatic rings. The molecule has 1 saturated heterocycles. The SMILES string of the molecule is CNc1nc(Nc2ccc(C(=O)N3CCOCC3)c(C)c2OC)ncc1C(F)(F)F. The van der Waals surface area contributed by atoms with Gasteiger partial charge in [-0.05, 0) is 19.1 Å². The van der Waals surface area contributed by atoms with Crippen LogP contribution in [0.3, 0.4) is 0 Å². The first-order valence-electron chi connectivity index (χ1n) is 9.20. The van der Waals surface area contributed by atoms with Crippen LogP contribution in [-0.4, -0.2) is 61.2 Å². The summed E-state index contributed by atoms with van der Waals surface area (Å²) in [5.74, 6) is -0.153. The molecule has 1 fully saturated rings. The molecule has 1 aromatic heterocycles. The Labute approximate surface area is 171 Å². The average molecular weight is 425 g/mol. The highest BCUT2D eigenvalue weighted by atomic mass is 19.4. The smallest absolute Gasteiger partial charge is 0.421 e. The van der Waals surface area contributed by atoms with E-state index in [0.29, 0.717) is 55.1 Å². The zero-order chi connectivity index (χ0) is 21.9. The number of nitrogens with zero attached hydrogens (tertiary/aromatic N) is 3. The van der Waals surface area contributed by atoms with E-state index in [9.17, 15) is 18.0 Å². The summed E-state index contributed by atoms with van der Waals surface area (Å²) in [4.78, 5) is 22.2. The summed E-state index contributed by atoms with van der Waals surface area (Å²) in [6.45, 7) is 3.73. The summed E-state index contributed by atoms with van der Waals surface area (Å²) in [5.41, 5.74) is 0.531. The maximum atomic E-state index is 13.0. The molecule has 0 saturated carbocycles. The summed E-state index contributed by atoms with van der Waals surface area (Å²) in [7, 11) is 2.79. The minimum absolute atomic E-state index is 0.0442. The molecule has 0 bridgehead atoms. The van der Waals surface area contributed by atoms with Gasteiger partial charge in [-0.2, -0.15) is 18.2 Å². The summed E-state index contributed by atoms with van der Waals surface area (Å²) < 4.78 is 49.8. The van der Waals surface area contributed by atoms with Crippen molar-refractivity contribution in [1.29, 1.82) is 0 Å². The van der Waals surface area contributed by atoms with E-state index in [1.165, 1.54) is 14.2 Å². The van der Waals surface area contributed by atoms with E-state index < -0.39 is 11.7 Å². The van der Waals surface area contributed by atoms with Gasteiger partial charge in [-0.1, -0.05) is 0 Å². The van der Waals surface area contributed by atoms with Crippen molar-refractivity contribution in [3.05, 3.63) is 35.0 Å². The van der Waals surface area contributed by atoms with Crippen molar-refractivity contribution in [2.75, 3.05) is 51.1 Å². The molecular formula is C19H22F3N5O3. The Balaban J connectivity index is 1.90. The molecule has 2 aromatic rings. The molecule has 0 unspecified atom stereocenters. The number of morpholine rings is 1. The van der Waals surface area contributed by atoms with E-state index in [4.69, 9.17) is 9.47 Å². The average Bonchev–Trinajstić information content (AvgIpc) is 2.73. The van der Waals surface area contributed by atoms with Gasteiger partial charge in [0.25, 0.3) is 5.91 Å². The van der Waals surface area contributed by atoms with E-state index in [1.807, 2.05) is 0 Å². The Morgan fingerprint density at radius 2 is 1.97 bits per heavy atom. The van der Waals surface area contributed by atoms with Crippen molar-refractivity contribution in [3.63, 3.8) is 0 Å². The van der Waals surface area contributed by atoms with Gasteiger partial charge in [0.1, 0.15) is 17.1 Å². The zero-order valence-electron chi connectivity index (χ0n) is 16.8. The normalized spacial score (nSPS) is 14.4. The van der Waals surface area contributed by atoms with Gasteiger partial charge in [0.15, 0.2) is 0 Å². The van der Waals surface area contributed by atoms with Crippen LogP contribution in [0.1, 0.15) is 21.5 Å². The number of carbonyl (C=O) groups excluding carboxylic acids is 1. The van der Waals surface area contributed by atoms with Gasteiger partial charge < -0.3 is 25.0 Å². The van der Waals surface area contributed by atoms with Gasteiger partial charge in [0.05, 0.1) is 26.0 Å². The molecule has 0 aliphatic carbocycles. The first kappa shape index (κ1) is 21.6. The van der Waals surface area contributed by atoms with Crippen molar-refractivity contribution in [2.45, 2.75) is 13.1 Å². The predicted molar refractivity (Wildman–Crippen MR) is 104 cm³/mol. The van der Waals surface area contributed by atoms with Crippen LogP contribution >= 0.6 is 0 Å². The fourth-order valence-corrected chi connectivity index (χ4v) is 3.18. The molecule has 162 valence electrons. The minimum Gasteiger partial charge on any atom is -0.494 e. The highest BCUT2D eigenvalue weighted by molar-refractivity contribution is 5.97. The van der Waals surface area contributed by atoms with Crippen LogP contribution in [0.25, 0.3) is 0 Å². The number of hydrogen-bond donors (Lipinski definition) is 2. The van der Waals surface area contributed by atoms with Crippen LogP contribution < -0.4 is 15.4 Å². The predicted octanol–water partition coefficient (Wildman–Crippen LogP) is 3.07. The largest absolute Gasteiger partial charge is 0.494 e. The number of halogens is 3. The van der Waals surface area contributed by atoms with Gasteiger partial charge in [-0.15, -0.1) is 0 Å². The van der Waals surface area contributed by atoms with E-state index >= 15 is 0 Å². The number of rotatable bonds is 5. The highest BCUT2D eigenvalue weighted by Crippen LogP contribution is 2.36. The Bertz CT molecular complexity index is 930. The minimum atomic E-state index is -4.58. The molecule has 2 heterocycles. The van der Waals surface area contributed by atoms with Gasteiger partial charge >= 0.3 is 6.18 Å². The lowest BCUT2D eigenvalue weighted by molar-refractivity contribution is -0.137. The van der Waals surface area contributed by atoms with E-state index in [2.05, 4.69) is 20.6 Å². The van der Waals surface area contributed by atoms with Crippen LogP contribution in [0.2, 0.25) is 0 Å². The maximum Gasteiger partial charge on any atom is 0.421 e. The number of ether oxygens (including phenoxy) is 2. The molecule has 2 N–H and O–H groups in total. The standard InChI is InChI=1S/C19H22F3N5O3/c1-11-12(17(28)27-6-8-30-9-7-27)4-5-14(15(11)29-3)25-18-24-10-13(19(20,21)22)16(23-2)26-18/h4-5,10H,6-9H2,1-3H3,(H2,23,24,25,26). The van der Waals surface area contributed by atoms with Crippen LogP contribution in [0, 0.1) is 6.92 Å². The summed E-state index contributed by atoms with van der Waals surface area (Å²) in [6.07, 6.45) is -3.87.